The van der Waals surface area contributed by atoms with Crippen molar-refractivity contribution in [3.63, 3.8) is 0 Å². The number of carboxylic acid groups (broad SMARTS) is 1. The summed E-state index contributed by atoms with van der Waals surface area (Å²) < 4.78 is 0. The number of likely N-dealkylation sites (tertiary alicyclic amines) is 1. The number of aliphatic carboxylic acids is 1. The van der Waals surface area contributed by atoms with Gasteiger partial charge in [0.15, 0.2) is 0 Å². The lowest BCUT2D eigenvalue weighted by Crippen LogP contribution is -2.62. The van der Waals surface area contributed by atoms with Gasteiger partial charge in [-0.25, -0.2) is 4.79 Å². The van der Waals surface area contributed by atoms with Gasteiger partial charge in [0.1, 0.15) is 54.1 Å². The molecular formula is C56H79N9O13. The number of hydrogen-bond acceptors (Lipinski definition) is 13. The molecule has 13 N–H and O–H groups in total. The van der Waals surface area contributed by atoms with Gasteiger partial charge in [-0.1, -0.05) is 121 Å². The van der Waals surface area contributed by atoms with E-state index < -0.39 is 132 Å². The minimum Gasteiger partial charge on any atom is -0.508 e. The fourth-order valence-electron chi connectivity index (χ4n) is 8.97. The minimum atomic E-state index is -1.68. The highest BCUT2D eigenvalue weighted by Crippen LogP contribution is 2.20. The average molecular weight is 1090 g/mol. The molecule has 4 rings (SSSR count). The van der Waals surface area contributed by atoms with Gasteiger partial charge in [0, 0.05) is 19.4 Å². The molecule has 3 aromatic rings. The third-order valence-corrected chi connectivity index (χ3v) is 13.6. The van der Waals surface area contributed by atoms with Crippen molar-refractivity contribution >= 4 is 53.2 Å². The molecule has 0 aliphatic carbocycles. The van der Waals surface area contributed by atoms with Crippen molar-refractivity contribution < 1.29 is 63.6 Å². The van der Waals surface area contributed by atoms with Crippen LogP contribution in [0.1, 0.15) is 91.3 Å². The maximum Gasteiger partial charge on any atom is 0.326 e. The van der Waals surface area contributed by atoms with Crippen LogP contribution in [0.4, 0.5) is 0 Å². The topological polar surface area (TPSA) is 348 Å². The van der Waals surface area contributed by atoms with Crippen molar-refractivity contribution in [2.45, 2.75) is 160 Å². The Hall–Kier alpha value is -7.43. The van der Waals surface area contributed by atoms with Crippen LogP contribution in [-0.4, -0.2) is 152 Å². The van der Waals surface area contributed by atoms with E-state index in [4.69, 9.17) is 5.73 Å². The summed E-state index contributed by atoms with van der Waals surface area (Å²) in [6.07, 6.45) is -2.63. The number of carbonyl (C=O) groups excluding carboxylic acids is 8. The van der Waals surface area contributed by atoms with Crippen LogP contribution >= 0.6 is 0 Å². The number of aliphatic hydroxyl groups excluding tert-OH is 2. The number of phenolic OH excluding ortho intramolecular Hbond substituents is 1. The van der Waals surface area contributed by atoms with Crippen LogP contribution in [0.3, 0.4) is 0 Å². The van der Waals surface area contributed by atoms with Gasteiger partial charge < -0.3 is 68.3 Å². The predicted octanol–water partition coefficient (Wildman–Crippen LogP) is 0.336. The van der Waals surface area contributed by atoms with E-state index in [0.717, 1.165) is 10.5 Å². The Kier molecular flexibility index (Phi) is 24.2. The molecule has 0 bridgehead atoms. The van der Waals surface area contributed by atoms with Gasteiger partial charge in [-0.05, 0) is 79.7 Å². The van der Waals surface area contributed by atoms with Gasteiger partial charge in [0.2, 0.25) is 47.3 Å². The number of hydrogen-bond donors (Lipinski definition) is 12. The van der Waals surface area contributed by atoms with E-state index in [-0.39, 0.29) is 50.3 Å². The number of amides is 8. The Labute approximate surface area is 455 Å². The highest BCUT2D eigenvalue weighted by Gasteiger charge is 2.44. The van der Waals surface area contributed by atoms with E-state index in [2.05, 4.69) is 37.2 Å². The monoisotopic (exact) mass is 1090 g/mol. The number of phenols is 1. The molecule has 3 aromatic carbocycles. The Bertz CT molecular complexity index is 2510. The summed E-state index contributed by atoms with van der Waals surface area (Å²) in [5, 5.41) is 59.9. The zero-order valence-electron chi connectivity index (χ0n) is 45.6. The summed E-state index contributed by atoms with van der Waals surface area (Å²) in [5.74, 6) is -9.07. The molecule has 1 fully saturated rings. The molecule has 1 heterocycles. The molecule has 1 saturated heterocycles. The number of benzene rings is 3. The van der Waals surface area contributed by atoms with Crippen LogP contribution in [-0.2, 0) is 62.4 Å². The lowest BCUT2D eigenvalue weighted by atomic mass is 9.96. The number of nitrogens with zero attached hydrogens (tertiary/aromatic N) is 1. The molecule has 1 aliphatic heterocycles. The van der Waals surface area contributed by atoms with Crippen LogP contribution in [0.15, 0.2) is 84.9 Å². The number of rotatable bonds is 29. The van der Waals surface area contributed by atoms with Crippen molar-refractivity contribution in [2.75, 3.05) is 6.54 Å². The van der Waals surface area contributed by atoms with Gasteiger partial charge in [-0.3, -0.25) is 38.4 Å². The van der Waals surface area contributed by atoms with Crippen molar-refractivity contribution in [3.05, 3.63) is 102 Å². The summed E-state index contributed by atoms with van der Waals surface area (Å²) in [5.41, 5.74) is 8.20. The molecule has 22 heteroatoms. The summed E-state index contributed by atoms with van der Waals surface area (Å²) in [6, 6.07) is 11.6. The first kappa shape index (κ1) is 63.1. The Balaban J connectivity index is 1.50. The Morgan fingerprint density at radius 1 is 0.577 bits per heavy atom. The molecule has 8 amide bonds. The fraction of sp³-hybridized carbons (Fsp3) is 0.518. The van der Waals surface area contributed by atoms with Crippen LogP contribution < -0.4 is 43.0 Å². The van der Waals surface area contributed by atoms with Crippen LogP contribution in [0.5, 0.6) is 5.75 Å². The quantitative estimate of drug-likeness (QED) is 0.0446. The van der Waals surface area contributed by atoms with E-state index in [0.29, 0.717) is 17.5 Å². The normalized spacial score (nSPS) is 17.6. The Morgan fingerprint density at radius 3 is 1.54 bits per heavy atom. The van der Waals surface area contributed by atoms with Crippen molar-refractivity contribution in [1.29, 1.82) is 0 Å². The van der Waals surface area contributed by atoms with E-state index in [1.807, 2.05) is 44.2 Å². The first-order valence-corrected chi connectivity index (χ1v) is 26.4. The molecule has 0 radical (unpaired) electrons. The van der Waals surface area contributed by atoms with Crippen molar-refractivity contribution in [3.8, 4) is 5.75 Å². The van der Waals surface area contributed by atoms with Gasteiger partial charge in [-0.15, -0.1) is 0 Å². The van der Waals surface area contributed by atoms with E-state index in [1.165, 1.54) is 38.1 Å². The van der Waals surface area contributed by atoms with Crippen LogP contribution in [0, 0.1) is 17.8 Å². The van der Waals surface area contributed by atoms with Crippen molar-refractivity contribution in [2.24, 2.45) is 23.5 Å². The van der Waals surface area contributed by atoms with Crippen molar-refractivity contribution in [1.82, 2.24) is 42.1 Å². The van der Waals surface area contributed by atoms with Gasteiger partial charge >= 0.3 is 5.97 Å². The number of carboxylic acids is 1. The second-order valence-corrected chi connectivity index (χ2v) is 20.9. The first-order valence-electron chi connectivity index (χ1n) is 26.4. The average Bonchev–Trinajstić information content (AvgIpc) is 3.77. The number of carbonyl (C=O) groups is 9. The fourth-order valence-corrected chi connectivity index (χ4v) is 8.97. The molecule has 1 aliphatic rings. The van der Waals surface area contributed by atoms with Gasteiger partial charge in [0.05, 0.1) is 18.2 Å². The number of aliphatic hydroxyl groups is 2. The summed E-state index contributed by atoms with van der Waals surface area (Å²) >= 11 is 0. The smallest absolute Gasteiger partial charge is 0.326 e. The maximum absolute atomic E-state index is 14.2. The van der Waals surface area contributed by atoms with E-state index in [9.17, 15) is 63.6 Å². The molecule has 78 heavy (non-hydrogen) atoms. The molecule has 0 saturated carbocycles. The maximum atomic E-state index is 14.2. The molecular weight excluding hydrogens is 1010 g/mol. The third-order valence-electron chi connectivity index (χ3n) is 13.6. The highest BCUT2D eigenvalue weighted by atomic mass is 16.4. The third kappa shape index (κ3) is 18.6. The standard InChI is InChI=1S/C56H79N9O13/c1-9-32(6)45(52(73)61-43(29-37-20-22-38(68)23-21-37)50(71)62-44(31(4)5)56(77)78)63-54(75)47(34(8)67)65-25-24-40(55(65)76)58-53(74)46(33(7)66)64-51(72)42(28-36-18-14-11-15-19-36)60-49(70)41(26-30(2)3)59-48(69)39(57)27-35-16-12-10-13-17-35/h10-23,30-34,39-47,66-68H,9,24-29,57H2,1-8H3,(H,58,74)(H,59,69)(H,60,70)(H,61,73)(H,62,71)(H,63,75)(H,64,72)(H,77,78). The molecule has 0 aromatic heterocycles. The summed E-state index contributed by atoms with van der Waals surface area (Å²) in [4.78, 5) is 125. The SMILES string of the molecule is CCC(C)C(NC(=O)C(C(C)O)N1CCC(NC(=O)C(NC(=O)C(Cc2ccccc2)NC(=O)C(CC(C)C)NC(=O)C(N)Cc2ccccc2)C(C)O)C1=O)C(=O)NC(Cc1ccc(O)cc1)C(=O)NC(C(=O)O)C(C)C. The number of aromatic hydroxyl groups is 1. The summed E-state index contributed by atoms with van der Waals surface area (Å²) in [7, 11) is 0. The van der Waals surface area contributed by atoms with E-state index >= 15 is 0 Å². The molecule has 22 nitrogen and oxygen atoms in total. The number of nitrogens with one attached hydrogen (secondary N) is 7. The molecule has 12 atom stereocenters. The second kappa shape index (κ2) is 29.9. The predicted molar refractivity (Wildman–Crippen MR) is 288 cm³/mol. The number of nitrogens with two attached hydrogens (primary N) is 1. The Morgan fingerprint density at radius 2 is 1.05 bits per heavy atom. The van der Waals surface area contributed by atoms with E-state index in [1.54, 1.807) is 58.0 Å². The molecule has 0 spiro atoms. The zero-order chi connectivity index (χ0) is 58.0. The lowest BCUT2D eigenvalue weighted by Gasteiger charge is -2.33. The summed E-state index contributed by atoms with van der Waals surface area (Å²) in [6.45, 7) is 12.7. The van der Waals surface area contributed by atoms with Crippen LogP contribution in [0.25, 0.3) is 0 Å². The lowest BCUT2D eigenvalue weighted by molar-refractivity contribution is -0.145. The molecule has 426 valence electrons. The zero-order valence-corrected chi connectivity index (χ0v) is 45.6. The highest BCUT2D eigenvalue weighted by molar-refractivity contribution is 5.99. The van der Waals surface area contributed by atoms with Gasteiger partial charge in [-0.2, -0.15) is 0 Å². The van der Waals surface area contributed by atoms with Crippen LogP contribution in [0.2, 0.25) is 0 Å². The largest absolute Gasteiger partial charge is 0.508 e. The second-order valence-electron chi connectivity index (χ2n) is 20.9. The van der Waals surface area contributed by atoms with Gasteiger partial charge in [0.25, 0.3) is 0 Å². The first-order chi connectivity index (χ1) is 36.8. The molecule has 12 unspecified atom stereocenters. The minimum absolute atomic E-state index is 0.0511.